The van der Waals surface area contributed by atoms with Crippen molar-refractivity contribution in [2.24, 2.45) is 5.92 Å². The molecule has 3 aliphatic rings. The maximum atomic E-state index is 14.3. The third-order valence-electron chi connectivity index (χ3n) is 8.81. The van der Waals surface area contributed by atoms with Gasteiger partial charge >= 0.3 is 0 Å². The van der Waals surface area contributed by atoms with Crippen molar-refractivity contribution in [3.8, 4) is 5.69 Å². The number of Topliss-reactive ketones (excluding diaryl/α,β-unsaturated/α-hetero) is 1. The second-order valence-electron chi connectivity index (χ2n) is 11.6. The molecule has 1 N–H and O–H groups in total. The summed E-state index contributed by atoms with van der Waals surface area (Å²) in [4.78, 5) is 61.5. The van der Waals surface area contributed by atoms with Crippen LogP contribution < -0.4 is 5.32 Å². The molecule has 41 heavy (non-hydrogen) atoms. The van der Waals surface area contributed by atoms with Crippen LogP contribution in [0.3, 0.4) is 0 Å². The first-order chi connectivity index (χ1) is 19.8. The van der Waals surface area contributed by atoms with Crippen LogP contribution in [0, 0.1) is 5.92 Å². The highest BCUT2D eigenvalue weighted by atomic mass is 32.1. The molecule has 3 aromatic rings. The molecule has 4 heterocycles. The van der Waals surface area contributed by atoms with E-state index in [0.29, 0.717) is 36.4 Å². The first-order valence-corrected chi connectivity index (χ1v) is 15.2. The molecule has 11 heteroatoms. The molecule has 10 nitrogen and oxygen atoms in total. The van der Waals surface area contributed by atoms with Crippen molar-refractivity contribution in [3.63, 3.8) is 0 Å². The maximum absolute atomic E-state index is 14.3. The highest BCUT2D eigenvalue weighted by Gasteiger charge is 2.54. The van der Waals surface area contributed by atoms with E-state index in [1.165, 1.54) is 24.1 Å². The van der Waals surface area contributed by atoms with Crippen molar-refractivity contribution in [3.05, 3.63) is 64.9 Å². The minimum atomic E-state index is -1.15. The number of aromatic nitrogens is 3. The molecule has 2 aromatic heterocycles. The summed E-state index contributed by atoms with van der Waals surface area (Å²) in [5.41, 5.74) is 0.622. The van der Waals surface area contributed by atoms with Gasteiger partial charge in [-0.05, 0) is 61.4 Å². The summed E-state index contributed by atoms with van der Waals surface area (Å²) in [6.07, 6.45) is 9.56. The smallest absolute Gasteiger partial charge is 0.254 e. The number of carbonyl (C=O) groups excluding carboxylic acids is 4. The number of amides is 3. The summed E-state index contributed by atoms with van der Waals surface area (Å²) >= 11 is 1.43. The molecular formula is C30H34N6O4S. The lowest BCUT2D eigenvalue weighted by atomic mass is 9.79. The number of fused-ring (bicyclic) bond motifs is 1. The van der Waals surface area contributed by atoms with Crippen LogP contribution in [0.25, 0.3) is 5.69 Å². The number of likely N-dealkylation sites (tertiary alicyclic amines) is 2. The maximum Gasteiger partial charge on any atom is 0.254 e. The zero-order valence-electron chi connectivity index (χ0n) is 23.1. The first kappa shape index (κ1) is 27.3. The van der Waals surface area contributed by atoms with Crippen LogP contribution >= 0.6 is 11.3 Å². The van der Waals surface area contributed by atoms with Gasteiger partial charge in [0.15, 0.2) is 5.78 Å². The van der Waals surface area contributed by atoms with E-state index in [9.17, 15) is 19.2 Å². The highest BCUT2D eigenvalue weighted by Crippen LogP contribution is 2.36. The third-order valence-corrected chi connectivity index (χ3v) is 9.49. The van der Waals surface area contributed by atoms with Crippen LogP contribution in [0.4, 0.5) is 0 Å². The Morgan fingerprint density at radius 2 is 1.80 bits per heavy atom. The molecule has 1 unspecified atom stereocenters. The Morgan fingerprint density at radius 1 is 1.02 bits per heavy atom. The molecule has 1 aliphatic carbocycles. The Bertz CT molecular complexity index is 1420. The molecule has 0 radical (unpaired) electrons. The quantitative estimate of drug-likeness (QED) is 0.462. The van der Waals surface area contributed by atoms with E-state index >= 15 is 0 Å². The Hall–Kier alpha value is -3.86. The van der Waals surface area contributed by atoms with E-state index in [-0.39, 0.29) is 36.1 Å². The number of ketones is 1. The van der Waals surface area contributed by atoms with Crippen molar-refractivity contribution in [2.45, 2.75) is 69.5 Å². The zero-order valence-corrected chi connectivity index (χ0v) is 23.9. The molecule has 214 valence electrons. The lowest BCUT2D eigenvalue weighted by Gasteiger charge is -2.38. The SMILES string of the molecule is CC(CC1CCCCC1)(NC(=O)c1ccsc1)C(=O)N1CC[C@@H]2[C@H]1C(=O)CN2C(=O)c1ccc(-n2cncn2)cc1. The monoisotopic (exact) mass is 574 g/mol. The van der Waals surface area contributed by atoms with Crippen molar-refractivity contribution in [2.75, 3.05) is 13.1 Å². The summed E-state index contributed by atoms with van der Waals surface area (Å²) in [5, 5.41) is 10.8. The van der Waals surface area contributed by atoms with Gasteiger partial charge < -0.3 is 15.1 Å². The Morgan fingerprint density at radius 3 is 2.49 bits per heavy atom. The topological polar surface area (TPSA) is 118 Å². The van der Waals surface area contributed by atoms with Crippen LogP contribution in [0.1, 0.15) is 72.6 Å². The lowest BCUT2D eigenvalue weighted by Crippen LogP contribution is -2.60. The van der Waals surface area contributed by atoms with Crippen LogP contribution in [0.15, 0.2) is 53.7 Å². The molecule has 2 aliphatic heterocycles. The molecule has 1 aromatic carbocycles. The number of thiophene rings is 1. The fourth-order valence-corrected chi connectivity index (χ4v) is 7.41. The van der Waals surface area contributed by atoms with Crippen molar-refractivity contribution in [1.29, 1.82) is 0 Å². The second-order valence-corrected chi connectivity index (χ2v) is 12.4. The van der Waals surface area contributed by atoms with E-state index in [4.69, 9.17) is 0 Å². The molecular weight excluding hydrogens is 540 g/mol. The number of hydrogen-bond acceptors (Lipinski definition) is 7. The summed E-state index contributed by atoms with van der Waals surface area (Å²) in [6.45, 7) is 2.13. The van der Waals surface area contributed by atoms with Gasteiger partial charge in [0.2, 0.25) is 5.91 Å². The molecule has 3 fully saturated rings. The van der Waals surface area contributed by atoms with Gasteiger partial charge in [0, 0.05) is 17.5 Å². The molecule has 0 bridgehead atoms. The highest BCUT2D eigenvalue weighted by molar-refractivity contribution is 7.08. The minimum absolute atomic E-state index is 0.0383. The van der Waals surface area contributed by atoms with Gasteiger partial charge in [-0.25, -0.2) is 9.67 Å². The van der Waals surface area contributed by atoms with E-state index in [1.54, 1.807) is 63.4 Å². The standard InChI is InChI=1S/C30H34N6O4S/c1-30(15-20-5-3-2-4-6-20,33-27(38)22-12-14-41-17-22)29(40)34-13-11-24-26(34)25(37)16-35(24)28(39)21-7-9-23(10-8-21)36-19-31-18-32-36/h7-10,12,14,17-20,24,26H,2-6,11,13,15-16H2,1H3,(H,33,38)/t24-,26+,30?/m1/s1. The normalized spacial score (nSPS) is 22.4. The van der Waals surface area contributed by atoms with Crippen molar-refractivity contribution >= 4 is 34.8 Å². The van der Waals surface area contributed by atoms with Crippen molar-refractivity contribution < 1.29 is 19.2 Å². The number of hydrogen-bond donors (Lipinski definition) is 1. The van der Waals surface area contributed by atoms with Gasteiger partial charge in [0.25, 0.3) is 11.8 Å². The average Bonchev–Trinajstić information content (AvgIpc) is 3.80. The zero-order chi connectivity index (χ0) is 28.6. The predicted octanol–water partition coefficient (Wildman–Crippen LogP) is 3.48. The van der Waals surface area contributed by atoms with E-state index in [2.05, 4.69) is 15.4 Å². The van der Waals surface area contributed by atoms with Gasteiger partial charge in [0.05, 0.1) is 23.8 Å². The Balaban J connectivity index is 1.20. The molecule has 3 atom stereocenters. The lowest BCUT2D eigenvalue weighted by molar-refractivity contribution is -0.142. The van der Waals surface area contributed by atoms with E-state index < -0.39 is 11.6 Å². The molecule has 1 saturated carbocycles. The first-order valence-electron chi connectivity index (χ1n) is 14.3. The van der Waals surface area contributed by atoms with Gasteiger partial charge in [-0.2, -0.15) is 16.4 Å². The van der Waals surface area contributed by atoms with Crippen LogP contribution in [0.2, 0.25) is 0 Å². The summed E-state index contributed by atoms with van der Waals surface area (Å²) < 4.78 is 1.60. The van der Waals surface area contributed by atoms with E-state index in [1.807, 2.05) is 5.38 Å². The van der Waals surface area contributed by atoms with Gasteiger partial charge in [0.1, 0.15) is 24.2 Å². The van der Waals surface area contributed by atoms with Crippen molar-refractivity contribution in [1.82, 2.24) is 29.9 Å². The van der Waals surface area contributed by atoms with Crippen LogP contribution in [-0.4, -0.2) is 78.8 Å². The molecule has 3 amide bonds. The van der Waals surface area contributed by atoms with E-state index in [0.717, 1.165) is 31.4 Å². The largest absolute Gasteiger partial charge is 0.338 e. The van der Waals surface area contributed by atoms with Gasteiger partial charge in [-0.3, -0.25) is 19.2 Å². The number of nitrogens with zero attached hydrogens (tertiary/aromatic N) is 5. The number of nitrogens with one attached hydrogen (secondary N) is 1. The summed E-state index contributed by atoms with van der Waals surface area (Å²) in [6, 6.07) is 7.67. The number of rotatable bonds is 7. The number of carbonyl (C=O) groups is 4. The average molecular weight is 575 g/mol. The third kappa shape index (κ3) is 5.30. The second kappa shape index (κ2) is 11.2. The van der Waals surface area contributed by atoms with Gasteiger partial charge in [-0.15, -0.1) is 0 Å². The van der Waals surface area contributed by atoms with Gasteiger partial charge in [-0.1, -0.05) is 32.1 Å². The number of benzene rings is 1. The van der Waals surface area contributed by atoms with Crippen LogP contribution in [-0.2, 0) is 9.59 Å². The summed E-state index contributed by atoms with van der Waals surface area (Å²) in [7, 11) is 0. The predicted molar refractivity (Wildman–Crippen MR) is 153 cm³/mol. The molecule has 2 saturated heterocycles. The molecule has 6 rings (SSSR count). The fraction of sp³-hybridized carbons (Fsp3) is 0.467. The van der Waals surface area contributed by atoms with Crippen LogP contribution in [0.5, 0.6) is 0 Å². The fourth-order valence-electron chi connectivity index (χ4n) is 6.78. The molecule has 0 spiro atoms. The Kier molecular flexibility index (Phi) is 7.46. The Labute approximate surface area is 242 Å². The minimum Gasteiger partial charge on any atom is -0.338 e. The summed E-state index contributed by atoms with van der Waals surface area (Å²) in [5.74, 6) is -0.563.